The summed E-state index contributed by atoms with van der Waals surface area (Å²) in [7, 11) is -1.55. The largest absolute Gasteiger partial charge is 0.489 e. The maximum Gasteiger partial charge on any atom is 0.489 e. The van der Waals surface area contributed by atoms with Crippen LogP contribution in [0.4, 0.5) is 0 Å². The molecule has 2 N–H and O–H groups in total. The fourth-order valence-electron chi connectivity index (χ4n) is 0.740. The molecule has 0 unspecified atom stereocenters. The van der Waals surface area contributed by atoms with E-state index >= 15 is 0 Å². The fourth-order valence-corrected chi connectivity index (χ4v) is 1.73. The van der Waals surface area contributed by atoms with Crippen molar-refractivity contribution in [2.24, 2.45) is 0 Å². The quantitative estimate of drug-likeness (QED) is 0.598. The number of rotatable bonds is 1. The normalized spacial score (nSPS) is 10.1. The first-order valence-corrected chi connectivity index (χ1v) is 4.58. The van der Waals surface area contributed by atoms with Crippen molar-refractivity contribution in [3.05, 3.63) is 26.7 Å². The van der Waals surface area contributed by atoms with Crippen LogP contribution < -0.4 is 5.46 Å². The van der Waals surface area contributed by atoms with Gasteiger partial charge >= 0.3 is 7.12 Å². The monoisotopic (exact) mass is 268 g/mol. The molecule has 1 aromatic rings. The minimum Gasteiger partial charge on any atom is -0.423 e. The van der Waals surface area contributed by atoms with Crippen molar-refractivity contribution in [1.82, 2.24) is 0 Å². The third-order valence-electron chi connectivity index (χ3n) is 1.34. The zero-order chi connectivity index (χ0) is 9.30. The molecule has 0 fully saturated rings. The fraction of sp³-hybridized carbons (Fsp3) is 0. The van der Waals surface area contributed by atoms with E-state index in [-0.39, 0.29) is 5.02 Å². The van der Waals surface area contributed by atoms with Crippen molar-refractivity contribution in [2.45, 2.75) is 0 Å². The molecule has 0 aliphatic heterocycles. The summed E-state index contributed by atoms with van der Waals surface area (Å²) in [6.07, 6.45) is 0. The molecule has 0 atom stereocenters. The average Bonchev–Trinajstić information content (AvgIpc) is 2.00. The Balaban J connectivity index is 3.27. The molecule has 0 aromatic heterocycles. The van der Waals surface area contributed by atoms with E-state index in [9.17, 15) is 0 Å². The van der Waals surface area contributed by atoms with E-state index in [0.29, 0.717) is 15.0 Å². The summed E-state index contributed by atoms with van der Waals surface area (Å²) in [5.41, 5.74) is 0.296. The van der Waals surface area contributed by atoms with Gasteiger partial charge in [-0.15, -0.1) is 0 Å². The van der Waals surface area contributed by atoms with Gasteiger partial charge < -0.3 is 10.0 Å². The Morgan fingerprint density at radius 2 is 1.83 bits per heavy atom. The predicted octanol–water partition coefficient (Wildman–Crippen LogP) is 1.44. The van der Waals surface area contributed by atoms with E-state index in [1.807, 2.05) is 0 Å². The zero-order valence-electron chi connectivity index (χ0n) is 5.76. The number of benzene rings is 1. The molecule has 0 aliphatic rings. The van der Waals surface area contributed by atoms with Gasteiger partial charge in [0.2, 0.25) is 0 Å². The summed E-state index contributed by atoms with van der Waals surface area (Å²) in [5, 5.41) is 18.3. The molecule has 0 radical (unpaired) electrons. The first kappa shape index (κ1) is 10.3. The third kappa shape index (κ3) is 1.95. The molecule has 0 bridgehead atoms. The minimum atomic E-state index is -1.55. The van der Waals surface area contributed by atoms with Crippen LogP contribution in [0.25, 0.3) is 0 Å². The Morgan fingerprint density at radius 3 is 2.33 bits per heavy atom. The van der Waals surface area contributed by atoms with Crippen LogP contribution in [0, 0.1) is 0 Å². The smallest absolute Gasteiger partial charge is 0.423 e. The summed E-state index contributed by atoms with van der Waals surface area (Å²) in [5.74, 6) is 0. The summed E-state index contributed by atoms with van der Waals surface area (Å²) in [6.45, 7) is 0. The second kappa shape index (κ2) is 3.98. The van der Waals surface area contributed by atoms with E-state index in [4.69, 9.17) is 33.2 Å². The van der Waals surface area contributed by atoms with Crippen LogP contribution in [-0.4, -0.2) is 17.2 Å². The molecule has 0 amide bonds. The molecular weight excluding hydrogens is 266 g/mol. The van der Waals surface area contributed by atoms with Gasteiger partial charge in [-0.3, -0.25) is 0 Å². The van der Waals surface area contributed by atoms with E-state index in [1.54, 1.807) is 0 Å². The van der Waals surface area contributed by atoms with E-state index < -0.39 is 7.12 Å². The van der Waals surface area contributed by atoms with Crippen molar-refractivity contribution in [1.29, 1.82) is 0 Å². The minimum absolute atomic E-state index is 0.280. The van der Waals surface area contributed by atoms with Crippen molar-refractivity contribution in [3.8, 4) is 0 Å². The topological polar surface area (TPSA) is 40.5 Å². The molecule has 1 aromatic carbocycles. The van der Waals surface area contributed by atoms with Gasteiger partial charge in [0.15, 0.2) is 0 Å². The zero-order valence-corrected chi connectivity index (χ0v) is 8.86. The van der Waals surface area contributed by atoms with Gasteiger partial charge in [0.05, 0.1) is 10.0 Å². The first-order chi connectivity index (χ1) is 5.54. The van der Waals surface area contributed by atoms with Crippen molar-refractivity contribution >= 4 is 51.7 Å². The van der Waals surface area contributed by atoms with Crippen LogP contribution in [0.15, 0.2) is 16.6 Å². The standard InChI is InChI=1S/C6H4BBrCl2O2/c8-5-3(7(11)12)1-2-4(9)6(5)10/h1-2,11-12H. The first-order valence-electron chi connectivity index (χ1n) is 3.03. The van der Waals surface area contributed by atoms with Gasteiger partial charge in [-0.2, -0.15) is 0 Å². The average molecular weight is 270 g/mol. The molecule has 64 valence electrons. The number of hydrogen-bond acceptors (Lipinski definition) is 2. The molecule has 2 nitrogen and oxygen atoms in total. The molecule has 0 aliphatic carbocycles. The van der Waals surface area contributed by atoms with Gasteiger partial charge in [-0.1, -0.05) is 29.3 Å². The van der Waals surface area contributed by atoms with Gasteiger partial charge in [0.1, 0.15) is 0 Å². The molecule has 0 spiro atoms. The Hall–Kier alpha value is 0.265. The second-order valence-corrected chi connectivity index (χ2v) is 3.72. The van der Waals surface area contributed by atoms with Crippen LogP contribution in [0.1, 0.15) is 0 Å². The lowest BCUT2D eigenvalue weighted by atomic mass is 9.80. The van der Waals surface area contributed by atoms with E-state index in [2.05, 4.69) is 15.9 Å². The van der Waals surface area contributed by atoms with Crippen LogP contribution in [-0.2, 0) is 0 Å². The van der Waals surface area contributed by atoms with Crippen LogP contribution in [0.2, 0.25) is 10.0 Å². The lowest BCUT2D eigenvalue weighted by Crippen LogP contribution is -2.31. The highest BCUT2D eigenvalue weighted by Crippen LogP contribution is 2.28. The van der Waals surface area contributed by atoms with Crippen molar-refractivity contribution in [2.75, 3.05) is 0 Å². The molecule has 0 saturated carbocycles. The van der Waals surface area contributed by atoms with E-state index in [0.717, 1.165) is 0 Å². The highest BCUT2D eigenvalue weighted by molar-refractivity contribution is 9.10. The molecule has 1 rings (SSSR count). The Labute approximate surface area is 88.4 Å². The Bertz CT molecular complexity index is 306. The summed E-state index contributed by atoms with van der Waals surface area (Å²) >= 11 is 14.5. The van der Waals surface area contributed by atoms with Gasteiger partial charge in [0.25, 0.3) is 0 Å². The molecule has 0 heterocycles. The molecule has 12 heavy (non-hydrogen) atoms. The molecular formula is C6H4BBrCl2O2. The third-order valence-corrected chi connectivity index (χ3v) is 3.23. The Kier molecular flexibility index (Phi) is 3.43. The summed E-state index contributed by atoms with van der Waals surface area (Å²) < 4.78 is 0.409. The summed E-state index contributed by atoms with van der Waals surface area (Å²) in [4.78, 5) is 0. The van der Waals surface area contributed by atoms with Crippen LogP contribution in [0.3, 0.4) is 0 Å². The molecule has 6 heteroatoms. The van der Waals surface area contributed by atoms with Gasteiger partial charge in [-0.25, -0.2) is 0 Å². The second-order valence-electron chi connectivity index (χ2n) is 2.14. The van der Waals surface area contributed by atoms with E-state index in [1.165, 1.54) is 12.1 Å². The molecule has 0 saturated heterocycles. The summed E-state index contributed by atoms with van der Waals surface area (Å²) in [6, 6.07) is 2.99. The maximum absolute atomic E-state index is 8.84. The lowest BCUT2D eigenvalue weighted by molar-refractivity contribution is 0.425. The highest BCUT2D eigenvalue weighted by Gasteiger charge is 2.17. The van der Waals surface area contributed by atoms with Crippen LogP contribution in [0.5, 0.6) is 0 Å². The van der Waals surface area contributed by atoms with Crippen molar-refractivity contribution in [3.63, 3.8) is 0 Å². The SMILES string of the molecule is OB(O)c1ccc(Cl)c(Cl)c1Br. The number of halogens is 3. The van der Waals surface area contributed by atoms with Gasteiger partial charge in [0, 0.05) is 4.47 Å². The van der Waals surface area contributed by atoms with Crippen LogP contribution >= 0.6 is 39.1 Å². The predicted molar refractivity (Wildman–Crippen MR) is 54.0 cm³/mol. The Morgan fingerprint density at radius 1 is 1.25 bits per heavy atom. The number of hydrogen-bond donors (Lipinski definition) is 2. The van der Waals surface area contributed by atoms with Gasteiger partial charge in [-0.05, 0) is 27.5 Å². The lowest BCUT2D eigenvalue weighted by Gasteiger charge is -2.05. The maximum atomic E-state index is 8.84. The van der Waals surface area contributed by atoms with Crippen molar-refractivity contribution < 1.29 is 10.0 Å². The highest BCUT2D eigenvalue weighted by atomic mass is 79.9.